The first kappa shape index (κ1) is 18.2. The Morgan fingerprint density at radius 2 is 1.74 bits per heavy atom. The smallest absolute Gasteiger partial charge is 0.337 e. The average Bonchev–Trinajstić information content (AvgIpc) is 3.01. The molecule has 6 nitrogen and oxygen atoms in total. The number of ether oxygens (including phenoxy) is 1. The molecule has 0 N–H and O–H groups in total. The monoisotopic (exact) mass is 370 g/mol. The van der Waals surface area contributed by atoms with Crippen LogP contribution in [0.5, 0.6) is 0 Å². The van der Waals surface area contributed by atoms with E-state index in [1.807, 2.05) is 0 Å². The molecule has 1 aliphatic carbocycles. The second-order valence-corrected chi connectivity index (χ2v) is 7.82. The number of rotatable bonds is 3. The highest BCUT2D eigenvalue weighted by Gasteiger charge is 2.47. The first-order valence-electron chi connectivity index (χ1n) is 9.91. The van der Waals surface area contributed by atoms with Crippen molar-refractivity contribution >= 4 is 23.5 Å². The molecule has 2 heterocycles. The van der Waals surface area contributed by atoms with Gasteiger partial charge in [-0.05, 0) is 62.4 Å². The van der Waals surface area contributed by atoms with E-state index in [-0.39, 0.29) is 24.3 Å². The molecule has 27 heavy (non-hydrogen) atoms. The molecule has 0 aromatic heterocycles. The fourth-order valence-corrected chi connectivity index (χ4v) is 5.06. The van der Waals surface area contributed by atoms with E-state index in [4.69, 9.17) is 4.74 Å². The predicted octanol–water partition coefficient (Wildman–Crippen LogP) is 2.76. The van der Waals surface area contributed by atoms with Gasteiger partial charge in [0.05, 0.1) is 30.8 Å². The molecule has 2 aliphatic heterocycles. The number of benzene rings is 1. The molecule has 0 bridgehead atoms. The van der Waals surface area contributed by atoms with Gasteiger partial charge in [0.2, 0.25) is 5.91 Å². The number of piperidine rings is 1. The number of anilines is 1. The van der Waals surface area contributed by atoms with E-state index in [0.717, 1.165) is 19.4 Å². The molecule has 2 amide bonds. The minimum Gasteiger partial charge on any atom is -0.465 e. The van der Waals surface area contributed by atoms with Gasteiger partial charge in [-0.2, -0.15) is 0 Å². The van der Waals surface area contributed by atoms with E-state index in [1.165, 1.54) is 37.7 Å². The van der Waals surface area contributed by atoms with Crippen molar-refractivity contribution in [2.24, 2.45) is 5.92 Å². The molecule has 3 atom stereocenters. The Morgan fingerprint density at radius 1 is 1.04 bits per heavy atom. The van der Waals surface area contributed by atoms with Crippen molar-refractivity contribution in [2.75, 3.05) is 18.6 Å². The Morgan fingerprint density at radius 3 is 2.48 bits per heavy atom. The van der Waals surface area contributed by atoms with E-state index >= 15 is 0 Å². The van der Waals surface area contributed by atoms with Crippen LogP contribution in [0.25, 0.3) is 0 Å². The van der Waals surface area contributed by atoms with Crippen LogP contribution in [0.1, 0.15) is 55.3 Å². The molecule has 2 saturated heterocycles. The summed E-state index contributed by atoms with van der Waals surface area (Å²) < 4.78 is 4.70. The minimum absolute atomic E-state index is 0.128. The Bertz CT molecular complexity index is 743. The lowest BCUT2D eigenvalue weighted by atomic mass is 9.77. The summed E-state index contributed by atoms with van der Waals surface area (Å²) in [5, 5.41) is 0. The molecule has 0 spiro atoms. The Balaban J connectivity index is 1.54. The third kappa shape index (κ3) is 3.27. The summed E-state index contributed by atoms with van der Waals surface area (Å²) in [6.45, 7) is 0.903. The number of hydrogen-bond acceptors (Lipinski definition) is 5. The summed E-state index contributed by atoms with van der Waals surface area (Å²) in [6, 6.07) is 6.56. The number of carbonyl (C=O) groups is 3. The van der Waals surface area contributed by atoms with Crippen LogP contribution in [-0.4, -0.2) is 48.4 Å². The molecule has 1 aromatic rings. The Labute approximate surface area is 159 Å². The fraction of sp³-hybridized carbons (Fsp3) is 0.571. The van der Waals surface area contributed by atoms with Crippen molar-refractivity contribution < 1.29 is 19.1 Å². The molecule has 1 saturated carbocycles. The molecule has 4 rings (SSSR count). The van der Waals surface area contributed by atoms with Gasteiger partial charge in [-0.25, -0.2) is 9.69 Å². The maximum absolute atomic E-state index is 13.1. The van der Waals surface area contributed by atoms with Crippen LogP contribution in [0.15, 0.2) is 24.3 Å². The SMILES string of the molecule is COC(=O)c1ccc(N2C(=O)CC(N3CCCC4CCCCC43)C2=O)cc1. The van der Waals surface area contributed by atoms with Gasteiger partial charge in [0, 0.05) is 6.04 Å². The van der Waals surface area contributed by atoms with Crippen molar-refractivity contribution in [2.45, 2.75) is 57.0 Å². The highest BCUT2D eigenvalue weighted by molar-refractivity contribution is 6.22. The summed E-state index contributed by atoms with van der Waals surface area (Å²) >= 11 is 0. The van der Waals surface area contributed by atoms with Gasteiger partial charge in [-0.15, -0.1) is 0 Å². The fourth-order valence-electron chi connectivity index (χ4n) is 5.06. The normalized spacial score (nSPS) is 28.9. The summed E-state index contributed by atoms with van der Waals surface area (Å²) in [5.74, 6) is -0.0512. The van der Waals surface area contributed by atoms with Crippen LogP contribution in [0, 0.1) is 5.92 Å². The molecule has 3 aliphatic rings. The number of nitrogens with zero attached hydrogens (tertiary/aromatic N) is 2. The van der Waals surface area contributed by atoms with Gasteiger partial charge in [0.15, 0.2) is 0 Å². The van der Waals surface area contributed by atoms with Gasteiger partial charge in [-0.3, -0.25) is 14.5 Å². The lowest BCUT2D eigenvalue weighted by Crippen LogP contribution is -2.54. The number of hydrogen-bond donors (Lipinski definition) is 0. The zero-order chi connectivity index (χ0) is 19.0. The summed E-state index contributed by atoms with van der Waals surface area (Å²) in [7, 11) is 1.32. The minimum atomic E-state index is -0.435. The van der Waals surface area contributed by atoms with E-state index in [0.29, 0.717) is 23.2 Å². The number of esters is 1. The number of amides is 2. The van der Waals surface area contributed by atoms with Gasteiger partial charge >= 0.3 is 5.97 Å². The van der Waals surface area contributed by atoms with Crippen molar-refractivity contribution in [3.05, 3.63) is 29.8 Å². The largest absolute Gasteiger partial charge is 0.465 e. The number of imide groups is 1. The first-order chi connectivity index (χ1) is 13.1. The molecule has 3 unspecified atom stereocenters. The van der Waals surface area contributed by atoms with E-state index in [1.54, 1.807) is 24.3 Å². The summed E-state index contributed by atoms with van der Waals surface area (Å²) in [5.41, 5.74) is 0.926. The Hall–Kier alpha value is -2.21. The maximum atomic E-state index is 13.1. The van der Waals surface area contributed by atoms with Crippen LogP contribution in [0.2, 0.25) is 0 Å². The van der Waals surface area contributed by atoms with Gasteiger partial charge in [0.1, 0.15) is 0 Å². The second-order valence-electron chi connectivity index (χ2n) is 7.82. The molecule has 1 aromatic carbocycles. The highest BCUT2D eigenvalue weighted by Crippen LogP contribution is 2.38. The van der Waals surface area contributed by atoms with E-state index in [2.05, 4.69) is 4.90 Å². The second kappa shape index (κ2) is 7.43. The third-order valence-corrected chi connectivity index (χ3v) is 6.36. The lowest BCUT2D eigenvalue weighted by Gasteiger charge is -2.46. The van der Waals surface area contributed by atoms with Crippen LogP contribution < -0.4 is 4.90 Å². The van der Waals surface area contributed by atoms with Crippen LogP contribution in [0.4, 0.5) is 5.69 Å². The van der Waals surface area contributed by atoms with Crippen molar-refractivity contribution in [1.29, 1.82) is 0 Å². The van der Waals surface area contributed by atoms with Gasteiger partial charge in [-0.1, -0.05) is 12.8 Å². The molecule has 3 fully saturated rings. The highest BCUT2D eigenvalue weighted by atomic mass is 16.5. The third-order valence-electron chi connectivity index (χ3n) is 6.36. The number of methoxy groups -OCH3 is 1. The van der Waals surface area contributed by atoms with E-state index < -0.39 is 5.97 Å². The molecule has 144 valence electrons. The molecular weight excluding hydrogens is 344 g/mol. The zero-order valence-electron chi connectivity index (χ0n) is 15.7. The van der Waals surface area contributed by atoms with Gasteiger partial charge in [0.25, 0.3) is 5.91 Å². The predicted molar refractivity (Wildman–Crippen MR) is 100 cm³/mol. The maximum Gasteiger partial charge on any atom is 0.337 e. The number of likely N-dealkylation sites (tertiary alicyclic amines) is 1. The van der Waals surface area contributed by atoms with E-state index in [9.17, 15) is 14.4 Å². The Kier molecular flexibility index (Phi) is 5.00. The number of carbonyl (C=O) groups excluding carboxylic acids is 3. The van der Waals surface area contributed by atoms with Crippen molar-refractivity contribution in [3.63, 3.8) is 0 Å². The molecule has 6 heteroatoms. The number of fused-ring (bicyclic) bond motifs is 1. The van der Waals surface area contributed by atoms with Crippen molar-refractivity contribution in [1.82, 2.24) is 4.90 Å². The topological polar surface area (TPSA) is 66.9 Å². The summed E-state index contributed by atoms with van der Waals surface area (Å²) in [4.78, 5) is 41.0. The molecular formula is C21H26N2O4. The average molecular weight is 370 g/mol. The van der Waals surface area contributed by atoms with Crippen molar-refractivity contribution in [3.8, 4) is 0 Å². The summed E-state index contributed by atoms with van der Waals surface area (Å²) in [6.07, 6.45) is 7.48. The zero-order valence-corrected chi connectivity index (χ0v) is 15.7. The standard InChI is InChI=1S/C21H26N2O4/c1-27-21(26)15-8-10-16(11-9-15)23-19(24)13-18(20(23)25)22-12-4-6-14-5-2-3-7-17(14)22/h8-11,14,17-18H,2-7,12-13H2,1H3. The van der Waals surface area contributed by atoms with Gasteiger partial charge < -0.3 is 4.74 Å². The molecule has 0 radical (unpaired) electrons. The van der Waals surface area contributed by atoms with Crippen LogP contribution in [0.3, 0.4) is 0 Å². The lowest BCUT2D eigenvalue weighted by molar-refractivity contribution is -0.124. The van der Waals surface area contributed by atoms with Crippen LogP contribution in [-0.2, 0) is 14.3 Å². The van der Waals surface area contributed by atoms with Crippen LogP contribution >= 0.6 is 0 Å². The first-order valence-corrected chi connectivity index (χ1v) is 9.91. The quantitative estimate of drug-likeness (QED) is 0.605.